The van der Waals surface area contributed by atoms with Crippen molar-refractivity contribution in [2.45, 2.75) is 31.8 Å². The molecule has 0 saturated carbocycles. The minimum atomic E-state index is 0.407. The molecule has 1 N–H and O–H groups in total. The summed E-state index contributed by atoms with van der Waals surface area (Å²) >= 11 is 0. The van der Waals surface area contributed by atoms with Gasteiger partial charge in [0, 0.05) is 12.1 Å². The fourth-order valence-corrected chi connectivity index (χ4v) is 2.52. The van der Waals surface area contributed by atoms with Gasteiger partial charge < -0.3 is 15.0 Å². The van der Waals surface area contributed by atoms with Crippen LogP contribution in [0.5, 0.6) is 5.75 Å². The average Bonchev–Trinajstić information content (AvgIpc) is 2.41. The zero-order valence-corrected chi connectivity index (χ0v) is 11.6. The number of piperidine rings is 1. The Bertz CT molecular complexity index is 355. The summed E-state index contributed by atoms with van der Waals surface area (Å²) in [4.78, 5) is 2.40. The van der Waals surface area contributed by atoms with Crippen molar-refractivity contribution in [3.8, 4) is 5.75 Å². The second kappa shape index (κ2) is 6.21. The summed E-state index contributed by atoms with van der Waals surface area (Å²) in [5.74, 6) is 0.922. The van der Waals surface area contributed by atoms with Crippen LogP contribution >= 0.6 is 0 Å². The van der Waals surface area contributed by atoms with Gasteiger partial charge in [-0.15, -0.1) is 0 Å². The van der Waals surface area contributed by atoms with Crippen LogP contribution in [0.4, 0.5) is 0 Å². The molecule has 1 saturated heterocycles. The first kappa shape index (κ1) is 13.4. The van der Waals surface area contributed by atoms with E-state index < -0.39 is 0 Å². The molecule has 1 aromatic rings. The third-order valence-electron chi connectivity index (χ3n) is 3.82. The number of hydrogen-bond acceptors (Lipinski definition) is 3. The zero-order valence-electron chi connectivity index (χ0n) is 11.6. The molecule has 0 aromatic heterocycles. The molecule has 2 rings (SSSR count). The average molecular weight is 248 g/mol. The predicted molar refractivity (Wildman–Crippen MR) is 75.1 cm³/mol. The lowest BCUT2D eigenvalue weighted by molar-refractivity contribution is 0.226. The van der Waals surface area contributed by atoms with Gasteiger partial charge in [0.2, 0.25) is 0 Å². The van der Waals surface area contributed by atoms with Crippen molar-refractivity contribution in [1.29, 1.82) is 0 Å². The molecule has 0 spiro atoms. The van der Waals surface area contributed by atoms with Crippen molar-refractivity contribution in [3.05, 3.63) is 29.8 Å². The molecule has 0 bridgehead atoms. The number of hydrogen-bond donors (Lipinski definition) is 1. The first-order valence-electron chi connectivity index (χ1n) is 6.77. The monoisotopic (exact) mass is 248 g/mol. The van der Waals surface area contributed by atoms with E-state index in [0.29, 0.717) is 12.1 Å². The van der Waals surface area contributed by atoms with Crippen molar-refractivity contribution >= 4 is 0 Å². The third-order valence-corrected chi connectivity index (χ3v) is 3.82. The van der Waals surface area contributed by atoms with Crippen LogP contribution in [-0.2, 0) is 0 Å². The maximum atomic E-state index is 5.18. The lowest BCUT2D eigenvalue weighted by atomic mass is 10.0. The van der Waals surface area contributed by atoms with Crippen LogP contribution in [-0.4, -0.2) is 38.2 Å². The Hall–Kier alpha value is -1.06. The van der Waals surface area contributed by atoms with E-state index in [1.54, 1.807) is 7.11 Å². The minimum Gasteiger partial charge on any atom is -0.497 e. The summed E-state index contributed by atoms with van der Waals surface area (Å²) in [6.07, 6.45) is 2.49. The lowest BCUT2D eigenvalue weighted by Crippen LogP contribution is -2.41. The van der Waals surface area contributed by atoms with E-state index in [1.165, 1.54) is 31.5 Å². The van der Waals surface area contributed by atoms with Gasteiger partial charge in [0.25, 0.3) is 0 Å². The maximum Gasteiger partial charge on any atom is 0.118 e. The highest BCUT2D eigenvalue weighted by molar-refractivity contribution is 5.28. The summed E-state index contributed by atoms with van der Waals surface area (Å²) in [6.45, 7) is 4.64. The van der Waals surface area contributed by atoms with Crippen molar-refractivity contribution in [2.75, 3.05) is 27.2 Å². The van der Waals surface area contributed by atoms with E-state index in [9.17, 15) is 0 Å². The molecular formula is C15H24N2O. The van der Waals surface area contributed by atoms with Crippen LogP contribution < -0.4 is 10.1 Å². The molecule has 1 heterocycles. The molecule has 0 unspecified atom stereocenters. The second-order valence-electron chi connectivity index (χ2n) is 5.24. The maximum absolute atomic E-state index is 5.18. The van der Waals surface area contributed by atoms with Gasteiger partial charge in [-0.2, -0.15) is 0 Å². The van der Waals surface area contributed by atoms with Crippen LogP contribution in [0.2, 0.25) is 0 Å². The molecule has 1 aromatic carbocycles. The number of benzene rings is 1. The van der Waals surface area contributed by atoms with Crippen molar-refractivity contribution < 1.29 is 4.74 Å². The summed E-state index contributed by atoms with van der Waals surface area (Å²) in [5, 5.41) is 3.73. The van der Waals surface area contributed by atoms with E-state index in [2.05, 4.69) is 36.3 Å². The lowest BCUT2D eigenvalue weighted by Gasteiger charge is -2.31. The van der Waals surface area contributed by atoms with Crippen LogP contribution in [0, 0.1) is 0 Å². The molecule has 3 heteroatoms. The fourth-order valence-electron chi connectivity index (χ4n) is 2.52. The van der Waals surface area contributed by atoms with Gasteiger partial charge in [-0.05, 0) is 57.6 Å². The number of nitrogens with one attached hydrogen (secondary N) is 1. The molecule has 1 aliphatic heterocycles. The Kier molecular flexibility index (Phi) is 4.61. The quantitative estimate of drug-likeness (QED) is 0.885. The summed E-state index contributed by atoms with van der Waals surface area (Å²) in [6, 6.07) is 9.41. The molecular weight excluding hydrogens is 224 g/mol. The summed E-state index contributed by atoms with van der Waals surface area (Å²) in [5.41, 5.74) is 1.33. The molecule has 0 aliphatic carbocycles. The number of methoxy groups -OCH3 is 1. The van der Waals surface area contributed by atoms with Gasteiger partial charge in [-0.3, -0.25) is 0 Å². The SMILES string of the molecule is COc1ccc([C@@H](C)NC2CCN(C)CC2)cc1. The van der Waals surface area contributed by atoms with E-state index >= 15 is 0 Å². The molecule has 18 heavy (non-hydrogen) atoms. The molecule has 0 amide bonds. The number of nitrogens with zero attached hydrogens (tertiary/aromatic N) is 1. The topological polar surface area (TPSA) is 24.5 Å². The van der Waals surface area contributed by atoms with Gasteiger partial charge >= 0.3 is 0 Å². The van der Waals surface area contributed by atoms with E-state index in [0.717, 1.165) is 5.75 Å². The zero-order chi connectivity index (χ0) is 13.0. The summed E-state index contributed by atoms with van der Waals surface area (Å²) < 4.78 is 5.18. The molecule has 1 aliphatic rings. The first-order chi connectivity index (χ1) is 8.69. The van der Waals surface area contributed by atoms with Gasteiger partial charge in [0.15, 0.2) is 0 Å². The fraction of sp³-hybridized carbons (Fsp3) is 0.600. The Labute approximate surface area is 110 Å². The molecule has 100 valence electrons. The Balaban J connectivity index is 1.88. The predicted octanol–water partition coefficient (Wildman–Crippen LogP) is 2.44. The molecule has 3 nitrogen and oxygen atoms in total. The summed E-state index contributed by atoms with van der Waals surface area (Å²) in [7, 11) is 3.90. The number of likely N-dealkylation sites (tertiary alicyclic amines) is 1. The Morgan fingerprint density at radius 2 is 1.83 bits per heavy atom. The van der Waals surface area contributed by atoms with E-state index in [-0.39, 0.29) is 0 Å². The van der Waals surface area contributed by atoms with Crippen molar-refractivity contribution in [3.63, 3.8) is 0 Å². The second-order valence-corrected chi connectivity index (χ2v) is 5.24. The molecule has 0 radical (unpaired) electrons. The van der Waals surface area contributed by atoms with Crippen LogP contribution in [0.25, 0.3) is 0 Å². The molecule has 1 fully saturated rings. The number of rotatable bonds is 4. The normalized spacial score (nSPS) is 19.7. The van der Waals surface area contributed by atoms with Gasteiger partial charge in [0.05, 0.1) is 7.11 Å². The number of ether oxygens (including phenoxy) is 1. The highest BCUT2D eigenvalue weighted by Crippen LogP contribution is 2.19. The first-order valence-corrected chi connectivity index (χ1v) is 6.77. The van der Waals surface area contributed by atoms with Crippen LogP contribution in [0.1, 0.15) is 31.4 Å². The van der Waals surface area contributed by atoms with Crippen molar-refractivity contribution in [2.24, 2.45) is 0 Å². The smallest absolute Gasteiger partial charge is 0.118 e. The van der Waals surface area contributed by atoms with Gasteiger partial charge in [0.1, 0.15) is 5.75 Å². The van der Waals surface area contributed by atoms with Crippen molar-refractivity contribution in [1.82, 2.24) is 10.2 Å². The standard InChI is InChI=1S/C15H24N2O/c1-12(13-4-6-15(18-3)7-5-13)16-14-8-10-17(2)11-9-14/h4-7,12,14,16H,8-11H2,1-3H3/t12-/m1/s1. The Morgan fingerprint density at radius 1 is 1.22 bits per heavy atom. The Morgan fingerprint density at radius 3 is 2.39 bits per heavy atom. The third kappa shape index (κ3) is 3.47. The van der Waals surface area contributed by atoms with Gasteiger partial charge in [-0.1, -0.05) is 12.1 Å². The van der Waals surface area contributed by atoms with E-state index in [4.69, 9.17) is 4.74 Å². The molecule has 1 atom stereocenters. The highest BCUT2D eigenvalue weighted by atomic mass is 16.5. The van der Waals surface area contributed by atoms with Gasteiger partial charge in [-0.25, -0.2) is 0 Å². The van der Waals surface area contributed by atoms with Crippen LogP contribution in [0.3, 0.4) is 0 Å². The largest absolute Gasteiger partial charge is 0.497 e. The van der Waals surface area contributed by atoms with E-state index in [1.807, 2.05) is 12.1 Å². The minimum absolute atomic E-state index is 0.407. The highest BCUT2D eigenvalue weighted by Gasteiger charge is 2.18. The van der Waals surface area contributed by atoms with Crippen LogP contribution in [0.15, 0.2) is 24.3 Å².